The Morgan fingerprint density at radius 1 is 1.33 bits per heavy atom. The van der Waals surface area contributed by atoms with Gasteiger partial charge in [-0.05, 0) is 38.3 Å². The van der Waals surface area contributed by atoms with Crippen LogP contribution in [0, 0.1) is 5.92 Å². The highest BCUT2D eigenvalue weighted by atomic mass is 15.2. The van der Waals surface area contributed by atoms with Gasteiger partial charge >= 0.3 is 0 Å². The molecule has 0 amide bonds. The van der Waals surface area contributed by atoms with Crippen LogP contribution in [0.1, 0.15) is 38.3 Å². The van der Waals surface area contributed by atoms with Crippen LogP contribution in [0.5, 0.6) is 0 Å². The summed E-state index contributed by atoms with van der Waals surface area (Å²) in [4.78, 5) is 11.1. The quantitative estimate of drug-likeness (QED) is 0.885. The number of nitrogens with zero attached hydrogens (tertiary/aromatic N) is 3. The summed E-state index contributed by atoms with van der Waals surface area (Å²) in [6, 6.07) is 2.14. The van der Waals surface area contributed by atoms with Crippen LogP contribution in [-0.2, 0) is 0 Å². The first-order valence-electron chi connectivity index (χ1n) is 6.92. The molecule has 4 heteroatoms. The first kappa shape index (κ1) is 13.3. The highest BCUT2D eigenvalue weighted by Crippen LogP contribution is 2.23. The Bertz CT molecular complexity index is 370. The van der Waals surface area contributed by atoms with Crippen LogP contribution in [0.15, 0.2) is 12.4 Å². The van der Waals surface area contributed by atoms with Gasteiger partial charge in [-0.1, -0.05) is 13.8 Å². The van der Waals surface area contributed by atoms with Crippen molar-refractivity contribution in [3.63, 3.8) is 0 Å². The van der Waals surface area contributed by atoms with Gasteiger partial charge < -0.3 is 10.2 Å². The number of hydrogen-bond acceptors (Lipinski definition) is 4. The van der Waals surface area contributed by atoms with Crippen LogP contribution in [0.4, 0.5) is 5.82 Å². The van der Waals surface area contributed by atoms with Gasteiger partial charge in [0.1, 0.15) is 12.1 Å². The molecule has 1 fully saturated rings. The van der Waals surface area contributed by atoms with Crippen molar-refractivity contribution in [2.45, 2.75) is 32.6 Å². The van der Waals surface area contributed by atoms with Crippen LogP contribution in [-0.4, -0.2) is 36.6 Å². The monoisotopic (exact) mass is 248 g/mol. The number of anilines is 1. The van der Waals surface area contributed by atoms with Gasteiger partial charge in [-0.25, -0.2) is 9.97 Å². The lowest BCUT2D eigenvalue weighted by Crippen LogP contribution is -2.37. The van der Waals surface area contributed by atoms with Gasteiger partial charge in [0.25, 0.3) is 0 Å². The molecule has 1 aromatic rings. The first-order chi connectivity index (χ1) is 8.70. The highest BCUT2D eigenvalue weighted by Gasteiger charge is 2.20. The van der Waals surface area contributed by atoms with E-state index in [0.717, 1.165) is 37.1 Å². The highest BCUT2D eigenvalue weighted by molar-refractivity contribution is 5.39. The molecule has 1 aliphatic heterocycles. The summed E-state index contributed by atoms with van der Waals surface area (Å²) in [6.45, 7) is 7.70. The fourth-order valence-electron chi connectivity index (χ4n) is 2.51. The van der Waals surface area contributed by atoms with Crippen molar-refractivity contribution in [1.29, 1.82) is 0 Å². The summed E-state index contributed by atoms with van der Waals surface area (Å²) in [7, 11) is 2.03. The molecule has 2 rings (SSSR count). The van der Waals surface area contributed by atoms with E-state index in [0.29, 0.717) is 5.92 Å². The van der Waals surface area contributed by atoms with Crippen LogP contribution in [0.3, 0.4) is 0 Å². The molecule has 18 heavy (non-hydrogen) atoms. The Morgan fingerprint density at radius 2 is 2.06 bits per heavy atom. The molecule has 0 saturated carbocycles. The summed E-state index contributed by atoms with van der Waals surface area (Å²) in [6.07, 6.45) is 4.20. The third-order valence-electron chi connectivity index (χ3n) is 3.70. The van der Waals surface area contributed by atoms with E-state index in [2.05, 4.69) is 40.1 Å². The zero-order chi connectivity index (χ0) is 13.0. The molecule has 1 N–H and O–H groups in total. The fourth-order valence-corrected chi connectivity index (χ4v) is 2.51. The molecule has 0 aliphatic carbocycles. The largest absolute Gasteiger partial charge is 0.356 e. The van der Waals surface area contributed by atoms with Crippen molar-refractivity contribution < 1.29 is 0 Å². The average molecular weight is 248 g/mol. The standard InChI is InChI=1S/C14H24N4/c1-11(2)13-8-14(17-10-16-13)18-6-4-12(5-7-18)9-15-3/h8,10-12,15H,4-7,9H2,1-3H3. The molecule has 1 aromatic heterocycles. The van der Waals surface area contributed by atoms with Crippen molar-refractivity contribution in [1.82, 2.24) is 15.3 Å². The number of hydrogen-bond donors (Lipinski definition) is 1. The van der Waals surface area contributed by atoms with Crippen molar-refractivity contribution in [3.8, 4) is 0 Å². The second-order valence-electron chi connectivity index (χ2n) is 5.44. The second-order valence-corrected chi connectivity index (χ2v) is 5.44. The minimum atomic E-state index is 0.466. The third-order valence-corrected chi connectivity index (χ3v) is 3.70. The molecule has 0 aromatic carbocycles. The number of nitrogens with one attached hydrogen (secondary N) is 1. The van der Waals surface area contributed by atoms with Gasteiger partial charge in [0.15, 0.2) is 0 Å². The van der Waals surface area contributed by atoms with E-state index in [1.807, 2.05) is 7.05 Å². The molecular formula is C14H24N4. The summed E-state index contributed by atoms with van der Waals surface area (Å²) < 4.78 is 0. The minimum absolute atomic E-state index is 0.466. The van der Waals surface area contributed by atoms with E-state index in [-0.39, 0.29) is 0 Å². The zero-order valence-electron chi connectivity index (χ0n) is 11.7. The van der Waals surface area contributed by atoms with Gasteiger partial charge in [0.2, 0.25) is 0 Å². The van der Waals surface area contributed by atoms with Gasteiger partial charge in [-0.15, -0.1) is 0 Å². The number of rotatable bonds is 4. The van der Waals surface area contributed by atoms with Crippen molar-refractivity contribution in [2.24, 2.45) is 5.92 Å². The molecule has 1 aliphatic rings. The van der Waals surface area contributed by atoms with E-state index in [1.54, 1.807) is 6.33 Å². The fraction of sp³-hybridized carbons (Fsp3) is 0.714. The van der Waals surface area contributed by atoms with Crippen LogP contribution < -0.4 is 10.2 Å². The Morgan fingerprint density at radius 3 is 2.67 bits per heavy atom. The molecule has 4 nitrogen and oxygen atoms in total. The average Bonchev–Trinajstić information content (AvgIpc) is 2.40. The first-order valence-corrected chi connectivity index (χ1v) is 6.92. The lowest BCUT2D eigenvalue weighted by atomic mass is 9.97. The maximum Gasteiger partial charge on any atom is 0.132 e. The Hall–Kier alpha value is -1.16. The molecule has 0 unspecified atom stereocenters. The normalized spacial score (nSPS) is 17.4. The topological polar surface area (TPSA) is 41.0 Å². The van der Waals surface area contributed by atoms with Gasteiger partial charge in [-0.3, -0.25) is 0 Å². The Labute approximate surface area is 110 Å². The zero-order valence-corrected chi connectivity index (χ0v) is 11.7. The van der Waals surface area contributed by atoms with Gasteiger partial charge in [-0.2, -0.15) is 0 Å². The predicted molar refractivity (Wildman–Crippen MR) is 75.0 cm³/mol. The lowest BCUT2D eigenvalue weighted by Gasteiger charge is -2.32. The van der Waals surface area contributed by atoms with Gasteiger partial charge in [0, 0.05) is 24.8 Å². The number of piperidine rings is 1. The molecule has 0 spiro atoms. The molecule has 1 saturated heterocycles. The summed E-state index contributed by atoms with van der Waals surface area (Å²) in [5.41, 5.74) is 1.14. The summed E-state index contributed by atoms with van der Waals surface area (Å²) in [5.74, 6) is 2.38. The van der Waals surface area contributed by atoms with E-state index in [4.69, 9.17) is 0 Å². The SMILES string of the molecule is CNCC1CCN(c2cc(C(C)C)ncn2)CC1. The van der Waals surface area contributed by atoms with E-state index in [1.165, 1.54) is 12.8 Å². The number of aromatic nitrogens is 2. The molecule has 2 heterocycles. The maximum atomic E-state index is 4.42. The minimum Gasteiger partial charge on any atom is -0.356 e. The van der Waals surface area contributed by atoms with Crippen LogP contribution >= 0.6 is 0 Å². The van der Waals surface area contributed by atoms with Crippen molar-refractivity contribution in [3.05, 3.63) is 18.1 Å². The van der Waals surface area contributed by atoms with Crippen molar-refractivity contribution >= 4 is 5.82 Å². The molecule has 0 bridgehead atoms. The van der Waals surface area contributed by atoms with E-state index >= 15 is 0 Å². The Kier molecular flexibility index (Phi) is 4.53. The molecule has 100 valence electrons. The summed E-state index contributed by atoms with van der Waals surface area (Å²) >= 11 is 0. The Balaban J connectivity index is 1.98. The van der Waals surface area contributed by atoms with Gasteiger partial charge in [0.05, 0.1) is 0 Å². The smallest absolute Gasteiger partial charge is 0.132 e. The van der Waals surface area contributed by atoms with Crippen LogP contribution in [0.25, 0.3) is 0 Å². The lowest BCUT2D eigenvalue weighted by molar-refractivity contribution is 0.392. The van der Waals surface area contributed by atoms with E-state index in [9.17, 15) is 0 Å². The predicted octanol–water partition coefficient (Wildman–Crippen LogP) is 2.04. The molecule has 0 atom stereocenters. The molecular weight excluding hydrogens is 224 g/mol. The maximum absolute atomic E-state index is 4.42. The second kappa shape index (κ2) is 6.14. The van der Waals surface area contributed by atoms with Crippen LogP contribution in [0.2, 0.25) is 0 Å². The third kappa shape index (κ3) is 3.19. The van der Waals surface area contributed by atoms with E-state index < -0.39 is 0 Å². The van der Waals surface area contributed by atoms with Crippen molar-refractivity contribution in [2.75, 3.05) is 31.6 Å². The summed E-state index contributed by atoms with van der Waals surface area (Å²) in [5, 5.41) is 3.27. The molecule has 0 radical (unpaired) electrons.